The minimum atomic E-state index is 0.899. The Bertz CT molecular complexity index is 2120. The third-order valence-corrected chi connectivity index (χ3v) is 8.66. The van der Waals surface area contributed by atoms with Gasteiger partial charge in [0.1, 0.15) is 11.2 Å². The molecule has 0 aliphatic heterocycles. The number of fused-ring (bicyclic) bond motifs is 6. The summed E-state index contributed by atoms with van der Waals surface area (Å²) in [6.07, 6.45) is 0. The van der Waals surface area contributed by atoms with Crippen LogP contribution in [0.5, 0.6) is 0 Å². The molecule has 0 bridgehead atoms. The number of furan rings is 1. The highest BCUT2D eigenvalue weighted by Crippen LogP contribution is 2.49. The van der Waals surface area contributed by atoms with Crippen molar-refractivity contribution >= 4 is 70.5 Å². The van der Waals surface area contributed by atoms with Crippen LogP contribution in [0.3, 0.4) is 0 Å². The first kappa shape index (κ1) is 22.2. The highest BCUT2D eigenvalue weighted by molar-refractivity contribution is 7.26. The van der Waals surface area contributed by atoms with Gasteiger partial charge >= 0.3 is 0 Å². The van der Waals surface area contributed by atoms with Gasteiger partial charge in [-0.15, -0.1) is 11.3 Å². The summed E-state index contributed by atoms with van der Waals surface area (Å²) in [6, 6.07) is 49.5. The Balaban J connectivity index is 1.49. The molecule has 0 aliphatic carbocycles. The molecule has 8 aromatic rings. The molecule has 0 amide bonds. The molecule has 0 atom stereocenters. The average Bonchev–Trinajstić information content (AvgIpc) is 3.57. The summed E-state index contributed by atoms with van der Waals surface area (Å²) in [7, 11) is 0. The SMILES string of the molecule is c1ccc(-c2ccc3c(sc4ccccc43)c2N(c2ccccc2)c2ccc3oc4ccccc4c3c2)cc1. The quantitative estimate of drug-likeness (QED) is 0.231. The molecule has 0 aliphatic rings. The van der Waals surface area contributed by atoms with E-state index in [9.17, 15) is 0 Å². The largest absolute Gasteiger partial charge is 0.456 e. The predicted molar refractivity (Wildman–Crippen MR) is 167 cm³/mol. The van der Waals surface area contributed by atoms with Gasteiger partial charge in [-0.3, -0.25) is 0 Å². The van der Waals surface area contributed by atoms with E-state index in [2.05, 4.69) is 132 Å². The van der Waals surface area contributed by atoms with Crippen molar-refractivity contribution < 1.29 is 4.42 Å². The second-order valence-electron chi connectivity index (χ2n) is 9.75. The molecule has 6 aromatic carbocycles. The van der Waals surface area contributed by atoms with Crippen molar-refractivity contribution in [2.45, 2.75) is 0 Å². The van der Waals surface area contributed by atoms with E-state index in [0.717, 1.165) is 33.3 Å². The van der Waals surface area contributed by atoms with Gasteiger partial charge in [0.05, 0.1) is 10.4 Å². The number of thiophene rings is 1. The van der Waals surface area contributed by atoms with Gasteiger partial charge in [-0.1, -0.05) is 97.1 Å². The maximum absolute atomic E-state index is 6.19. The molecule has 8 rings (SSSR count). The van der Waals surface area contributed by atoms with Crippen molar-refractivity contribution in [3.8, 4) is 11.1 Å². The van der Waals surface area contributed by atoms with Crippen LogP contribution >= 0.6 is 11.3 Å². The Morgan fingerprint density at radius 1 is 0.487 bits per heavy atom. The Kier molecular flexibility index (Phi) is 5.04. The van der Waals surface area contributed by atoms with Crippen LogP contribution in [-0.4, -0.2) is 0 Å². The molecule has 2 heterocycles. The summed E-state index contributed by atoms with van der Waals surface area (Å²) in [5.41, 5.74) is 7.62. The van der Waals surface area contributed by atoms with Crippen molar-refractivity contribution in [3.63, 3.8) is 0 Å². The topological polar surface area (TPSA) is 16.4 Å². The lowest BCUT2D eigenvalue weighted by Gasteiger charge is -2.28. The predicted octanol–water partition coefficient (Wildman–Crippen LogP) is 11.1. The van der Waals surface area contributed by atoms with E-state index in [0.29, 0.717) is 0 Å². The fraction of sp³-hybridized carbons (Fsp3) is 0. The second-order valence-corrected chi connectivity index (χ2v) is 10.8. The summed E-state index contributed by atoms with van der Waals surface area (Å²) in [5.74, 6) is 0. The van der Waals surface area contributed by atoms with E-state index in [1.807, 2.05) is 23.5 Å². The van der Waals surface area contributed by atoms with E-state index in [4.69, 9.17) is 4.42 Å². The number of anilines is 3. The van der Waals surface area contributed by atoms with Crippen molar-refractivity contribution in [3.05, 3.63) is 140 Å². The van der Waals surface area contributed by atoms with Crippen molar-refractivity contribution in [2.24, 2.45) is 0 Å². The van der Waals surface area contributed by atoms with Crippen molar-refractivity contribution in [1.82, 2.24) is 0 Å². The first-order valence-electron chi connectivity index (χ1n) is 13.1. The molecule has 0 saturated carbocycles. The molecule has 2 nitrogen and oxygen atoms in total. The van der Waals surface area contributed by atoms with Gasteiger partial charge in [-0.05, 0) is 48.0 Å². The van der Waals surface area contributed by atoms with Crippen LogP contribution in [0.1, 0.15) is 0 Å². The van der Waals surface area contributed by atoms with Gasteiger partial charge in [0.25, 0.3) is 0 Å². The summed E-state index contributed by atoms with van der Waals surface area (Å²) >= 11 is 1.86. The summed E-state index contributed by atoms with van der Waals surface area (Å²) < 4.78 is 8.76. The van der Waals surface area contributed by atoms with Crippen LogP contribution in [0.4, 0.5) is 17.1 Å². The Morgan fingerprint density at radius 2 is 1.18 bits per heavy atom. The van der Waals surface area contributed by atoms with E-state index in [-0.39, 0.29) is 0 Å². The van der Waals surface area contributed by atoms with Gasteiger partial charge in [-0.25, -0.2) is 0 Å². The van der Waals surface area contributed by atoms with E-state index in [1.165, 1.54) is 37.0 Å². The van der Waals surface area contributed by atoms with Crippen LogP contribution in [0.2, 0.25) is 0 Å². The van der Waals surface area contributed by atoms with Crippen LogP contribution < -0.4 is 4.90 Å². The number of para-hydroxylation sites is 2. The first-order chi connectivity index (χ1) is 19.3. The van der Waals surface area contributed by atoms with E-state index in [1.54, 1.807) is 0 Å². The Morgan fingerprint density at radius 3 is 2.03 bits per heavy atom. The van der Waals surface area contributed by atoms with E-state index < -0.39 is 0 Å². The molecule has 0 fully saturated rings. The summed E-state index contributed by atoms with van der Waals surface area (Å²) in [5, 5.41) is 4.82. The lowest BCUT2D eigenvalue weighted by atomic mass is 9.99. The van der Waals surface area contributed by atoms with Crippen LogP contribution in [0.25, 0.3) is 53.2 Å². The fourth-order valence-electron chi connectivity index (χ4n) is 5.68. The molecule has 0 saturated heterocycles. The zero-order chi connectivity index (χ0) is 25.8. The lowest BCUT2D eigenvalue weighted by Crippen LogP contribution is -2.11. The molecule has 184 valence electrons. The minimum absolute atomic E-state index is 0.899. The smallest absolute Gasteiger partial charge is 0.135 e. The minimum Gasteiger partial charge on any atom is -0.456 e. The van der Waals surface area contributed by atoms with Crippen LogP contribution in [-0.2, 0) is 0 Å². The van der Waals surface area contributed by atoms with Crippen LogP contribution in [0.15, 0.2) is 144 Å². The maximum atomic E-state index is 6.19. The molecule has 0 unspecified atom stereocenters. The Labute approximate surface area is 230 Å². The second kappa shape index (κ2) is 8.87. The highest BCUT2D eigenvalue weighted by atomic mass is 32.1. The zero-order valence-corrected chi connectivity index (χ0v) is 21.9. The molecule has 0 radical (unpaired) electrons. The third kappa shape index (κ3) is 3.55. The van der Waals surface area contributed by atoms with Gasteiger partial charge in [0, 0.05) is 43.2 Å². The van der Waals surface area contributed by atoms with E-state index >= 15 is 0 Å². The Hall–Kier alpha value is -4.86. The molecule has 39 heavy (non-hydrogen) atoms. The van der Waals surface area contributed by atoms with Crippen LogP contribution in [0, 0.1) is 0 Å². The first-order valence-corrected chi connectivity index (χ1v) is 13.9. The number of nitrogens with zero attached hydrogens (tertiary/aromatic N) is 1. The average molecular weight is 518 g/mol. The van der Waals surface area contributed by atoms with Crippen molar-refractivity contribution in [2.75, 3.05) is 4.90 Å². The summed E-state index contributed by atoms with van der Waals surface area (Å²) in [6.45, 7) is 0. The molecule has 2 aromatic heterocycles. The molecular formula is C36H23NOS. The maximum Gasteiger partial charge on any atom is 0.135 e. The zero-order valence-electron chi connectivity index (χ0n) is 21.0. The summed E-state index contributed by atoms with van der Waals surface area (Å²) in [4.78, 5) is 2.42. The monoisotopic (exact) mass is 517 g/mol. The van der Waals surface area contributed by atoms with Crippen molar-refractivity contribution in [1.29, 1.82) is 0 Å². The standard InChI is InChI=1S/C36H23NOS/c1-3-11-24(12-4-1)27-20-21-30-29-16-8-10-18-34(29)39-36(30)35(27)37(25-13-5-2-6-14-25)26-19-22-33-31(23-26)28-15-7-9-17-32(28)38-33/h1-23H. The normalized spacial score (nSPS) is 11.6. The lowest BCUT2D eigenvalue weighted by molar-refractivity contribution is 0.669. The molecular weight excluding hydrogens is 494 g/mol. The van der Waals surface area contributed by atoms with Gasteiger partial charge in [0.15, 0.2) is 0 Å². The number of hydrogen-bond acceptors (Lipinski definition) is 3. The molecule has 0 N–H and O–H groups in total. The third-order valence-electron chi connectivity index (χ3n) is 7.46. The molecule has 3 heteroatoms. The number of benzene rings is 6. The van der Waals surface area contributed by atoms with Gasteiger partial charge in [-0.2, -0.15) is 0 Å². The fourth-order valence-corrected chi connectivity index (χ4v) is 6.93. The number of rotatable bonds is 4. The highest BCUT2D eigenvalue weighted by Gasteiger charge is 2.23. The number of hydrogen-bond donors (Lipinski definition) is 0. The van der Waals surface area contributed by atoms with Gasteiger partial charge in [0.2, 0.25) is 0 Å². The molecule has 0 spiro atoms. The van der Waals surface area contributed by atoms with Gasteiger partial charge < -0.3 is 9.32 Å².